The Bertz CT molecular complexity index is 284. The van der Waals surface area contributed by atoms with E-state index in [-0.39, 0.29) is 6.10 Å². The van der Waals surface area contributed by atoms with Gasteiger partial charge in [0.2, 0.25) is 0 Å². The van der Waals surface area contributed by atoms with Crippen LogP contribution in [0.3, 0.4) is 0 Å². The first-order valence-corrected chi connectivity index (χ1v) is 5.89. The van der Waals surface area contributed by atoms with Gasteiger partial charge in [-0.05, 0) is 26.2 Å². The lowest BCUT2D eigenvalue weighted by Crippen LogP contribution is -2.50. The van der Waals surface area contributed by atoms with Gasteiger partial charge in [0.05, 0.1) is 12.7 Å². The predicted molar refractivity (Wildman–Crippen MR) is 59.2 cm³/mol. The van der Waals surface area contributed by atoms with Crippen molar-refractivity contribution in [2.24, 2.45) is 5.73 Å². The highest BCUT2D eigenvalue weighted by atomic mass is 16.5. The number of carboxylic acid groups (broad SMARTS) is 1. The molecule has 1 saturated carbocycles. The standard InChI is InChI=1S/C11H20N2O3/c1-8-7-13(4-5-16-8)9-2-3-11(12,6-9)10(14)15/h8-9H,2-7,12H2,1H3,(H,14,15). The minimum absolute atomic E-state index is 0.242. The van der Waals surface area contributed by atoms with Crippen LogP contribution in [0.2, 0.25) is 0 Å². The molecule has 5 nitrogen and oxygen atoms in total. The molecule has 2 aliphatic rings. The molecular weight excluding hydrogens is 208 g/mol. The van der Waals surface area contributed by atoms with Crippen LogP contribution in [0, 0.1) is 0 Å². The number of morpholine rings is 1. The molecule has 3 atom stereocenters. The lowest BCUT2D eigenvalue weighted by Gasteiger charge is -2.35. The molecular formula is C11H20N2O3. The zero-order valence-electron chi connectivity index (χ0n) is 9.69. The van der Waals surface area contributed by atoms with Crippen molar-refractivity contribution in [3.05, 3.63) is 0 Å². The third-order valence-electron chi connectivity index (χ3n) is 3.74. The second-order valence-corrected chi connectivity index (χ2v) is 5.03. The number of hydrogen-bond acceptors (Lipinski definition) is 4. The van der Waals surface area contributed by atoms with Crippen molar-refractivity contribution in [1.29, 1.82) is 0 Å². The van der Waals surface area contributed by atoms with Crippen LogP contribution < -0.4 is 5.73 Å². The summed E-state index contributed by atoms with van der Waals surface area (Å²) >= 11 is 0. The van der Waals surface area contributed by atoms with E-state index in [2.05, 4.69) is 4.90 Å². The Morgan fingerprint density at radius 3 is 2.94 bits per heavy atom. The number of nitrogens with two attached hydrogens (primary N) is 1. The summed E-state index contributed by atoms with van der Waals surface area (Å²) in [6, 6.07) is 0.312. The number of hydrogen-bond donors (Lipinski definition) is 2. The number of aliphatic carboxylic acids is 1. The van der Waals surface area contributed by atoms with E-state index in [1.165, 1.54) is 0 Å². The maximum absolute atomic E-state index is 11.0. The third kappa shape index (κ3) is 2.21. The highest BCUT2D eigenvalue weighted by molar-refractivity contribution is 5.79. The molecule has 0 amide bonds. The normalized spacial score (nSPS) is 41.1. The molecule has 16 heavy (non-hydrogen) atoms. The highest BCUT2D eigenvalue weighted by Crippen LogP contribution is 2.32. The van der Waals surface area contributed by atoms with E-state index < -0.39 is 11.5 Å². The molecule has 3 N–H and O–H groups in total. The highest BCUT2D eigenvalue weighted by Gasteiger charge is 2.44. The minimum Gasteiger partial charge on any atom is -0.480 e. The molecule has 0 aromatic rings. The van der Waals surface area contributed by atoms with Gasteiger partial charge in [0.25, 0.3) is 0 Å². The summed E-state index contributed by atoms with van der Waals surface area (Å²) in [6.07, 6.45) is 2.27. The number of rotatable bonds is 2. The van der Waals surface area contributed by atoms with Crippen molar-refractivity contribution < 1.29 is 14.6 Å². The molecule has 2 fully saturated rings. The van der Waals surface area contributed by atoms with Gasteiger partial charge in [-0.15, -0.1) is 0 Å². The Morgan fingerprint density at radius 1 is 1.62 bits per heavy atom. The molecule has 1 aliphatic heterocycles. The fourth-order valence-corrected chi connectivity index (χ4v) is 2.73. The minimum atomic E-state index is -1.01. The van der Waals surface area contributed by atoms with E-state index in [1.54, 1.807) is 0 Å². The van der Waals surface area contributed by atoms with E-state index in [9.17, 15) is 4.79 Å². The van der Waals surface area contributed by atoms with Gasteiger partial charge < -0.3 is 15.6 Å². The molecule has 0 bridgehead atoms. The second-order valence-electron chi connectivity index (χ2n) is 5.03. The largest absolute Gasteiger partial charge is 0.480 e. The fraction of sp³-hybridized carbons (Fsp3) is 0.909. The Hall–Kier alpha value is -0.650. The first kappa shape index (κ1) is 11.8. The van der Waals surface area contributed by atoms with Crippen LogP contribution >= 0.6 is 0 Å². The summed E-state index contributed by atoms with van der Waals surface area (Å²) in [7, 11) is 0. The van der Waals surface area contributed by atoms with Gasteiger partial charge in [-0.2, -0.15) is 0 Å². The van der Waals surface area contributed by atoms with E-state index in [0.29, 0.717) is 18.9 Å². The Kier molecular flexibility index (Phi) is 3.19. The van der Waals surface area contributed by atoms with Crippen molar-refractivity contribution >= 4 is 5.97 Å². The molecule has 0 aromatic carbocycles. The summed E-state index contributed by atoms with van der Waals surface area (Å²) in [5.41, 5.74) is 4.87. The first-order chi connectivity index (χ1) is 7.51. The van der Waals surface area contributed by atoms with Crippen LogP contribution in [0.15, 0.2) is 0 Å². The maximum Gasteiger partial charge on any atom is 0.323 e. The van der Waals surface area contributed by atoms with Crippen LogP contribution in [0.4, 0.5) is 0 Å². The SMILES string of the molecule is CC1CN(C2CCC(N)(C(=O)O)C2)CCO1. The Balaban J connectivity index is 1.95. The molecule has 5 heteroatoms. The molecule has 0 radical (unpaired) electrons. The topological polar surface area (TPSA) is 75.8 Å². The summed E-state index contributed by atoms with van der Waals surface area (Å²) in [4.78, 5) is 13.4. The van der Waals surface area contributed by atoms with Gasteiger partial charge >= 0.3 is 5.97 Å². The third-order valence-corrected chi connectivity index (χ3v) is 3.74. The van der Waals surface area contributed by atoms with Crippen molar-refractivity contribution in [3.8, 4) is 0 Å². The molecule has 3 unspecified atom stereocenters. The zero-order chi connectivity index (χ0) is 11.8. The van der Waals surface area contributed by atoms with Crippen LogP contribution in [0.25, 0.3) is 0 Å². The summed E-state index contributed by atoms with van der Waals surface area (Å²) < 4.78 is 5.48. The van der Waals surface area contributed by atoms with Crippen LogP contribution in [0.1, 0.15) is 26.2 Å². The smallest absolute Gasteiger partial charge is 0.323 e. The predicted octanol–water partition coefficient (Wildman–Crippen LogP) is 0.0417. The Morgan fingerprint density at radius 2 is 2.38 bits per heavy atom. The second kappa shape index (κ2) is 4.31. The number of nitrogens with zero attached hydrogens (tertiary/aromatic N) is 1. The van der Waals surface area contributed by atoms with Crippen molar-refractivity contribution in [3.63, 3.8) is 0 Å². The first-order valence-electron chi connectivity index (χ1n) is 5.89. The number of carbonyl (C=O) groups is 1. The lowest BCUT2D eigenvalue weighted by atomic mass is 9.99. The Labute approximate surface area is 95.5 Å². The van der Waals surface area contributed by atoms with Crippen LogP contribution in [0.5, 0.6) is 0 Å². The van der Waals surface area contributed by atoms with E-state index in [4.69, 9.17) is 15.6 Å². The average Bonchev–Trinajstić information content (AvgIpc) is 2.62. The molecule has 0 aromatic heterocycles. The molecule has 1 heterocycles. The van der Waals surface area contributed by atoms with E-state index in [1.807, 2.05) is 6.92 Å². The van der Waals surface area contributed by atoms with Crippen molar-refractivity contribution in [1.82, 2.24) is 4.90 Å². The van der Waals surface area contributed by atoms with E-state index in [0.717, 1.165) is 26.1 Å². The van der Waals surface area contributed by atoms with Gasteiger partial charge in [-0.1, -0.05) is 0 Å². The molecule has 0 spiro atoms. The van der Waals surface area contributed by atoms with Gasteiger partial charge in [-0.3, -0.25) is 9.69 Å². The van der Waals surface area contributed by atoms with Crippen molar-refractivity contribution in [2.75, 3.05) is 19.7 Å². The molecule has 1 saturated heterocycles. The summed E-state index contributed by atoms with van der Waals surface area (Å²) in [5, 5.41) is 9.07. The quantitative estimate of drug-likeness (QED) is 0.698. The zero-order valence-corrected chi connectivity index (χ0v) is 9.69. The average molecular weight is 228 g/mol. The number of carboxylic acids is 1. The van der Waals surface area contributed by atoms with Gasteiger partial charge in [0, 0.05) is 19.1 Å². The summed E-state index contributed by atoms with van der Waals surface area (Å²) in [5.74, 6) is -0.865. The molecule has 2 rings (SSSR count). The fourth-order valence-electron chi connectivity index (χ4n) is 2.73. The lowest BCUT2D eigenvalue weighted by molar-refractivity contribution is -0.143. The molecule has 1 aliphatic carbocycles. The monoisotopic (exact) mass is 228 g/mol. The van der Waals surface area contributed by atoms with Gasteiger partial charge in [-0.25, -0.2) is 0 Å². The molecule has 92 valence electrons. The maximum atomic E-state index is 11.0. The van der Waals surface area contributed by atoms with Crippen LogP contribution in [-0.4, -0.2) is 53.4 Å². The number of ether oxygens (including phenoxy) is 1. The van der Waals surface area contributed by atoms with E-state index >= 15 is 0 Å². The summed E-state index contributed by atoms with van der Waals surface area (Å²) in [6.45, 7) is 4.57. The van der Waals surface area contributed by atoms with Crippen LogP contribution in [-0.2, 0) is 9.53 Å². The van der Waals surface area contributed by atoms with Gasteiger partial charge in [0.15, 0.2) is 0 Å². The van der Waals surface area contributed by atoms with Gasteiger partial charge in [0.1, 0.15) is 5.54 Å². The van der Waals surface area contributed by atoms with Crippen molar-refractivity contribution in [2.45, 2.75) is 43.9 Å².